The van der Waals surface area contributed by atoms with Gasteiger partial charge in [-0.2, -0.15) is 0 Å². The molecule has 0 saturated carbocycles. The zero-order valence-corrected chi connectivity index (χ0v) is 7.62. The van der Waals surface area contributed by atoms with Crippen molar-refractivity contribution in [1.29, 1.82) is 0 Å². The van der Waals surface area contributed by atoms with Gasteiger partial charge in [0.05, 0.1) is 5.60 Å². The largest absolute Gasteiger partial charge is 0.391 e. The first-order valence-electron chi connectivity index (χ1n) is 1.72. The third-order valence-corrected chi connectivity index (χ3v) is 0. The Morgan fingerprint density at radius 2 is 0.875 bits per heavy atom. The van der Waals surface area contributed by atoms with Crippen LogP contribution in [0.25, 0.3) is 0 Å². The molecule has 0 unspecified atom stereocenters. The zero-order valence-electron chi connectivity index (χ0n) is 5.17. The van der Waals surface area contributed by atoms with Crippen molar-refractivity contribution in [3.05, 3.63) is 0 Å². The quantitative estimate of drug-likeness (QED) is 0.609. The number of hydrogen-bond acceptors (Lipinski definition) is 1. The maximum Gasteiger partial charge on any atom is 0.0563 e. The maximum atomic E-state index is 8.52. The predicted molar refractivity (Wildman–Crippen MR) is 43.7 cm³/mol. The second kappa shape index (κ2) is 7.83. The third kappa shape index (κ3) is 337. The van der Waals surface area contributed by atoms with Gasteiger partial charge in [0.25, 0.3) is 0 Å². The number of hydrogen-bond donors (Lipinski definition) is 1. The molecule has 0 aliphatic rings. The van der Waals surface area contributed by atoms with E-state index >= 15 is 0 Å². The van der Waals surface area contributed by atoms with Gasteiger partial charge in [0.1, 0.15) is 0 Å². The molecule has 0 aliphatic carbocycles. The van der Waals surface area contributed by atoms with Crippen LogP contribution in [0.4, 0.5) is 0 Å². The molecule has 0 amide bonds. The van der Waals surface area contributed by atoms with E-state index in [1.807, 2.05) is 0 Å². The van der Waals surface area contributed by atoms with Crippen LogP contribution in [0.15, 0.2) is 0 Å². The monoisotopic (exact) mass is 182 g/mol. The Morgan fingerprint density at radius 1 is 0.875 bits per heavy atom. The molecule has 0 heterocycles. The summed E-state index contributed by atoms with van der Waals surface area (Å²) in [6.07, 6.45) is 0. The van der Waals surface area contributed by atoms with E-state index in [-0.39, 0.29) is 37.2 Å². The van der Waals surface area contributed by atoms with Crippen LogP contribution in [-0.4, -0.2) is 10.7 Å². The molecule has 56 valence electrons. The fourth-order valence-electron chi connectivity index (χ4n) is 0. The van der Waals surface area contributed by atoms with E-state index in [1.165, 1.54) is 0 Å². The van der Waals surface area contributed by atoms with Crippen molar-refractivity contribution in [2.24, 2.45) is 0 Å². The van der Waals surface area contributed by atoms with Gasteiger partial charge in [-0.15, -0.1) is 37.2 Å². The van der Waals surface area contributed by atoms with Gasteiger partial charge in [0, 0.05) is 0 Å². The molecule has 0 radical (unpaired) electrons. The highest BCUT2D eigenvalue weighted by atomic mass is 35.5. The highest BCUT2D eigenvalue weighted by molar-refractivity contribution is 5.86. The lowest BCUT2D eigenvalue weighted by Gasteiger charge is -2.04. The van der Waals surface area contributed by atoms with Crippen molar-refractivity contribution >= 4 is 37.2 Å². The van der Waals surface area contributed by atoms with E-state index in [2.05, 4.69) is 0 Å². The average molecular weight is 184 g/mol. The van der Waals surface area contributed by atoms with Crippen LogP contribution in [0, 0.1) is 0 Å². The maximum absolute atomic E-state index is 8.52. The van der Waals surface area contributed by atoms with Crippen LogP contribution in [0.1, 0.15) is 20.8 Å². The lowest BCUT2D eigenvalue weighted by molar-refractivity contribution is 0.102. The van der Waals surface area contributed by atoms with Gasteiger partial charge in [-0.25, -0.2) is 0 Å². The van der Waals surface area contributed by atoms with Gasteiger partial charge in [0.2, 0.25) is 0 Å². The highest BCUT2D eigenvalue weighted by Gasteiger charge is 1.97. The standard InChI is InChI=1S/C4H10O.3ClH/c1-4(2,3)5;;;/h5H,1-3H3;3*1H. The first kappa shape index (κ1) is 23.2. The Hall–Kier alpha value is 0.830. The van der Waals surface area contributed by atoms with Gasteiger partial charge in [-0.3, -0.25) is 0 Å². The summed E-state index contributed by atoms with van der Waals surface area (Å²) in [4.78, 5) is 0. The smallest absolute Gasteiger partial charge is 0.0563 e. The second-order valence-electron chi connectivity index (χ2n) is 2.17. The summed E-state index contributed by atoms with van der Waals surface area (Å²) in [5.74, 6) is 0. The Bertz CT molecular complexity index is 26.8. The zero-order chi connectivity index (χ0) is 4.50. The van der Waals surface area contributed by atoms with E-state index in [4.69, 9.17) is 5.11 Å². The lowest BCUT2D eigenvalue weighted by Crippen LogP contribution is -2.10. The first-order chi connectivity index (χ1) is 2.00. The highest BCUT2D eigenvalue weighted by Crippen LogP contribution is 1.93. The van der Waals surface area contributed by atoms with E-state index < -0.39 is 5.60 Å². The Balaban J connectivity index is -0.0000000267. The molecule has 0 rings (SSSR count). The minimum absolute atomic E-state index is 0. The summed E-state index contributed by atoms with van der Waals surface area (Å²) in [5, 5.41) is 8.52. The third-order valence-electron chi connectivity index (χ3n) is 0. The minimum atomic E-state index is -0.500. The molecule has 0 fully saturated rings. The number of halogens is 3. The molecule has 1 N–H and O–H groups in total. The fraction of sp³-hybridized carbons (Fsp3) is 1.00. The van der Waals surface area contributed by atoms with Crippen LogP contribution in [-0.2, 0) is 0 Å². The van der Waals surface area contributed by atoms with Crippen molar-refractivity contribution in [3.8, 4) is 0 Å². The second-order valence-corrected chi connectivity index (χ2v) is 2.17. The molecule has 0 atom stereocenters. The van der Waals surface area contributed by atoms with Crippen molar-refractivity contribution in [1.82, 2.24) is 0 Å². The van der Waals surface area contributed by atoms with Crippen LogP contribution in [0.5, 0.6) is 0 Å². The van der Waals surface area contributed by atoms with Crippen LogP contribution >= 0.6 is 37.2 Å². The first-order valence-corrected chi connectivity index (χ1v) is 1.72. The van der Waals surface area contributed by atoms with Crippen molar-refractivity contribution in [2.45, 2.75) is 26.4 Å². The van der Waals surface area contributed by atoms with Crippen LogP contribution in [0.2, 0.25) is 0 Å². The summed E-state index contributed by atoms with van der Waals surface area (Å²) in [6.45, 7) is 5.23. The Kier molecular flexibility index (Phi) is 22.7. The molecular weight excluding hydrogens is 170 g/mol. The SMILES string of the molecule is CC(C)(C)O.Cl.Cl.Cl. The molecule has 4 heteroatoms. The van der Waals surface area contributed by atoms with Crippen molar-refractivity contribution in [2.75, 3.05) is 0 Å². The van der Waals surface area contributed by atoms with Crippen LogP contribution < -0.4 is 0 Å². The molecule has 8 heavy (non-hydrogen) atoms. The van der Waals surface area contributed by atoms with Crippen molar-refractivity contribution in [3.63, 3.8) is 0 Å². The van der Waals surface area contributed by atoms with Crippen molar-refractivity contribution < 1.29 is 5.11 Å². The van der Waals surface area contributed by atoms with Crippen LogP contribution in [0.3, 0.4) is 0 Å². The molecule has 0 aromatic heterocycles. The topological polar surface area (TPSA) is 20.2 Å². The van der Waals surface area contributed by atoms with Gasteiger partial charge >= 0.3 is 0 Å². The molecular formula is C4H13Cl3O. The lowest BCUT2D eigenvalue weighted by atomic mass is 10.2. The molecule has 0 bridgehead atoms. The van der Waals surface area contributed by atoms with Gasteiger partial charge < -0.3 is 5.11 Å². The van der Waals surface area contributed by atoms with E-state index in [1.54, 1.807) is 20.8 Å². The summed E-state index contributed by atoms with van der Waals surface area (Å²) < 4.78 is 0. The van der Waals surface area contributed by atoms with E-state index in [0.717, 1.165) is 0 Å². The van der Waals surface area contributed by atoms with E-state index in [9.17, 15) is 0 Å². The van der Waals surface area contributed by atoms with Gasteiger partial charge in [-0.05, 0) is 20.8 Å². The molecule has 0 saturated heterocycles. The molecule has 0 spiro atoms. The molecule has 0 aromatic rings. The summed E-state index contributed by atoms with van der Waals surface area (Å²) in [7, 11) is 0. The van der Waals surface area contributed by atoms with E-state index in [0.29, 0.717) is 0 Å². The minimum Gasteiger partial charge on any atom is -0.391 e. The number of rotatable bonds is 0. The predicted octanol–water partition coefficient (Wildman–Crippen LogP) is 2.04. The van der Waals surface area contributed by atoms with Gasteiger partial charge in [-0.1, -0.05) is 0 Å². The molecule has 1 nitrogen and oxygen atoms in total. The average Bonchev–Trinajstić information content (AvgIpc) is 0.722. The molecule has 0 aromatic carbocycles. The molecule has 0 aliphatic heterocycles. The van der Waals surface area contributed by atoms with Gasteiger partial charge in [0.15, 0.2) is 0 Å². The Morgan fingerprint density at radius 3 is 0.875 bits per heavy atom. The Labute approximate surface area is 69.1 Å². The summed E-state index contributed by atoms with van der Waals surface area (Å²) in [6, 6.07) is 0. The number of aliphatic hydroxyl groups is 1. The fourth-order valence-corrected chi connectivity index (χ4v) is 0. The summed E-state index contributed by atoms with van der Waals surface area (Å²) in [5.41, 5.74) is -0.500. The summed E-state index contributed by atoms with van der Waals surface area (Å²) >= 11 is 0. The normalized spacial score (nSPS) is 7.50.